The van der Waals surface area contributed by atoms with Crippen molar-refractivity contribution in [2.45, 2.75) is 37.1 Å². The maximum absolute atomic E-state index is 13.0. The third kappa shape index (κ3) is 5.17. The van der Waals surface area contributed by atoms with Gasteiger partial charge in [-0.2, -0.15) is 4.72 Å². The molecule has 150 valence electrons. The molecule has 2 aromatic rings. The van der Waals surface area contributed by atoms with Crippen LogP contribution in [0.1, 0.15) is 25.3 Å². The Hall–Kier alpha value is -2.25. The predicted molar refractivity (Wildman–Crippen MR) is 106 cm³/mol. The standard InChI is InChI=1S/C21H25FN2O3S/c1-16(23-28(26,27)20-9-7-19(22)8-10-20)21(25)24-13-11-18(12-14-24)15-17-5-3-2-4-6-17/h2-10,16,18,23H,11-15H2,1H3/t16-/m1/s1. The number of benzene rings is 2. The van der Waals surface area contributed by atoms with Crippen molar-refractivity contribution >= 4 is 15.9 Å². The van der Waals surface area contributed by atoms with Gasteiger partial charge in [0.15, 0.2) is 0 Å². The normalized spacial score (nSPS) is 16.7. The van der Waals surface area contributed by atoms with Gasteiger partial charge in [-0.05, 0) is 61.9 Å². The van der Waals surface area contributed by atoms with Gasteiger partial charge in [0.25, 0.3) is 0 Å². The first kappa shape index (κ1) is 20.5. The number of hydrogen-bond acceptors (Lipinski definition) is 3. The number of amides is 1. The lowest BCUT2D eigenvalue weighted by atomic mass is 9.90. The highest BCUT2D eigenvalue weighted by molar-refractivity contribution is 7.89. The van der Waals surface area contributed by atoms with Crippen LogP contribution in [0.2, 0.25) is 0 Å². The molecule has 1 aliphatic rings. The SMILES string of the molecule is C[C@@H](NS(=O)(=O)c1ccc(F)cc1)C(=O)N1CCC(Cc2ccccc2)CC1. The summed E-state index contributed by atoms with van der Waals surface area (Å²) < 4.78 is 40.2. The fourth-order valence-electron chi connectivity index (χ4n) is 3.54. The largest absolute Gasteiger partial charge is 0.341 e. The van der Waals surface area contributed by atoms with Crippen LogP contribution in [0.25, 0.3) is 0 Å². The molecule has 0 saturated carbocycles. The number of halogens is 1. The monoisotopic (exact) mass is 404 g/mol. The van der Waals surface area contributed by atoms with Gasteiger partial charge in [-0.3, -0.25) is 4.79 Å². The molecule has 2 aromatic carbocycles. The Balaban J connectivity index is 1.53. The van der Waals surface area contributed by atoms with Gasteiger partial charge >= 0.3 is 0 Å². The van der Waals surface area contributed by atoms with Crippen LogP contribution in [0.15, 0.2) is 59.5 Å². The lowest BCUT2D eigenvalue weighted by Crippen LogP contribution is -2.49. The van der Waals surface area contributed by atoms with E-state index in [0.29, 0.717) is 19.0 Å². The summed E-state index contributed by atoms with van der Waals surface area (Å²) in [7, 11) is -3.88. The van der Waals surface area contributed by atoms with Crippen LogP contribution in [0, 0.1) is 11.7 Å². The molecule has 3 rings (SSSR count). The van der Waals surface area contributed by atoms with E-state index in [1.54, 1.807) is 11.8 Å². The van der Waals surface area contributed by atoms with Crippen LogP contribution >= 0.6 is 0 Å². The molecule has 1 saturated heterocycles. The Morgan fingerprint density at radius 2 is 1.71 bits per heavy atom. The highest BCUT2D eigenvalue weighted by Gasteiger charge is 2.29. The van der Waals surface area contributed by atoms with Crippen molar-refractivity contribution < 1.29 is 17.6 Å². The van der Waals surface area contributed by atoms with Gasteiger partial charge in [-0.1, -0.05) is 30.3 Å². The summed E-state index contributed by atoms with van der Waals surface area (Å²) in [5.74, 6) is -0.219. The number of nitrogens with one attached hydrogen (secondary N) is 1. The Labute approximate surface area is 165 Å². The first-order valence-corrected chi connectivity index (χ1v) is 10.9. The van der Waals surface area contributed by atoms with E-state index >= 15 is 0 Å². The summed E-state index contributed by atoms with van der Waals surface area (Å²) in [4.78, 5) is 14.3. The molecule has 0 radical (unpaired) electrons. The summed E-state index contributed by atoms with van der Waals surface area (Å²) in [5.41, 5.74) is 1.30. The molecule has 1 N–H and O–H groups in total. The third-order valence-corrected chi connectivity index (χ3v) is 6.68. The number of piperidine rings is 1. The van der Waals surface area contributed by atoms with E-state index < -0.39 is 21.9 Å². The Bertz CT molecular complexity index is 893. The summed E-state index contributed by atoms with van der Waals surface area (Å²) in [6, 6.07) is 13.9. The molecule has 5 nitrogen and oxygen atoms in total. The van der Waals surface area contributed by atoms with Crippen molar-refractivity contribution in [2.24, 2.45) is 5.92 Å². The van der Waals surface area contributed by atoms with Crippen LogP contribution in [-0.4, -0.2) is 38.4 Å². The summed E-state index contributed by atoms with van der Waals surface area (Å²) in [6.07, 6.45) is 2.80. The van der Waals surface area contributed by atoms with E-state index in [2.05, 4.69) is 16.9 Å². The number of nitrogens with zero attached hydrogens (tertiary/aromatic N) is 1. The smallest absolute Gasteiger partial charge is 0.241 e. The van der Waals surface area contributed by atoms with Crippen molar-refractivity contribution in [2.75, 3.05) is 13.1 Å². The maximum Gasteiger partial charge on any atom is 0.241 e. The average Bonchev–Trinajstić information content (AvgIpc) is 2.69. The lowest BCUT2D eigenvalue weighted by molar-refractivity contribution is -0.133. The summed E-state index contributed by atoms with van der Waals surface area (Å²) >= 11 is 0. The van der Waals surface area contributed by atoms with E-state index in [-0.39, 0.29) is 10.8 Å². The molecule has 0 unspecified atom stereocenters. The minimum absolute atomic E-state index is 0.0601. The van der Waals surface area contributed by atoms with Crippen LogP contribution in [0.5, 0.6) is 0 Å². The van der Waals surface area contributed by atoms with Crippen molar-refractivity contribution in [1.29, 1.82) is 0 Å². The molecule has 1 heterocycles. The molecule has 1 aliphatic heterocycles. The number of sulfonamides is 1. The summed E-state index contributed by atoms with van der Waals surface area (Å²) in [5, 5.41) is 0. The third-order valence-electron chi connectivity index (χ3n) is 5.12. The molecule has 0 bridgehead atoms. The molecule has 28 heavy (non-hydrogen) atoms. The molecular weight excluding hydrogens is 379 g/mol. The molecule has 7 heteroatoms. The Kier molecular flexibility index (Phi) is 6.46. The van der Waals surface area contributed by atoms with Gasteiger partial charge in [0, 0.05) is 13.1 Å². The first-order valence-electron chi connectivity index (χ1n) is 9.46. The molecule has 0 spiro atoms. The maximum atomic E-state index is 13.0. The second kappa shape index (κ2) is 8.84. The lowest BCUT2D eigenvalue weighted by Gasteiger charge is -2.33. The topological polar surface area (TPSA) is 66.5 Å². The van der Waals surface area contributed by atoms with Gasteiger partial charge in [-0.15, -0.1) is 0 Å². The molecule has 0 aromatic heterocycles. The van der Waals surface area contributed by atoms with Crippen molar-refractivity contribution in [1.82, 2.24) is 9.62 Å². The van der Waals surface area contributed by atoms with Gasteiger partial charge in [0.1, 0.15) is 5.82 Å². The van der Waals surface area contributed by atoms with Crippen molar-refractivity contribution in [3.8, 4) is 0 Å². The van der Waals surface area contributed by atoms with Crippen LogP contribution in [0.3, 0.4) is 0 Å². The second-order valence-electron chi connectivity index (χ2n) is 7.26. The number of carbonyl (C=O) groups is 1. The molecule has 0 aliphatic carbocycles. The van der Waals surface area contributed by atoms with Gasteiger partial charge in [0.05, 0.1) is 10.9 Å². The number of likely N-dealkylation sites (tertiary alicyclic amines) is 1. The molecule has 1 atom stereocenters. The molecule has 1 fully saturated rings. The number of hydrogen-bond donors (Lipinski definition) is 1. The highest BCUT2D eigenvalue weighted by atomic mass is 32.2. The molecule has 1 amide bonds. The van der Waals surface area contributed by atoms with Crippen molar-refractivity contribution in [3.05, 3.63) is 66.0 Å². The Morgan fingerprint density at radius 1 is 1.11 bits per heavy atom. The minimum atomic E-state index is -3.88. The van der Waals surface area contributed by atoms with Gasteiger partial charge < -0.3 is 4.90 Å². The fourth-order valence-corrected chi connectivity index (χ4v) is 4.74. The first-order chi connectivity index (χ1) is 13.3. The second-order valence-corrected chi connectivity index (χ2v) is 8.97. The zero-order valence-corrected chi connectivity index (χ0v) is 16.7. The quantitative estimate of drug-likeness (QED) is 0.805. The zero-order chi connectivity index (χ0) is 20.1. The van der Waals surface area contributed by atoms with Gasteiger partial charge in [-0.25, -0.2) is 12.8 Å². The fraction of sp³-hybridized carbons (Fsp3) is 0.381. The van der Waals surface area contributed by atoms with Crippen LogP contribution < -0.4 is 4.72 Å². The van der Waals surface area contributed by atoms with Crippen molar-refractivity contribution in [3.63, 3.8) is 0 Å². The minimum Gasteiger partial charge on any atom is -0.341 e. The Morgan fingerprint density at radius 3 is 2.32 bits per heavy atom. The number of carbonyl (C=O) groups excluding carboxylic acids is 1. The van der Waals surface area contributed by atoms with Crippen LogP contribution in [-0.2, 0) is 21.2 Å². The van der Waals surface area contributed by atoms with E-state index in [9.17, 15) is 17.6 Å². The van der Waals surface area contributed by atoms with Crippen LogP contribution in [0.4, 0.5) is 4.39 Å². The van der Waals surface area contributed by atoms with E-state index in [1.165, 1.54) is 17.7 Å². The molecular formula is C21H25FN2O3S. The van der Waals surface area contributed by atoms with Gasteiger partial charge in [0.2, 0.25) is 15.9 Å². The van der Waals surface area contributed by atoms with E-state index in [1.807, 2.05) is 18.2 Å². The average molecular weight is 405 g/mol. The van der Waals surface area contributed by atoms with E-state index in [4.69, 9.17) is 0 Å². The number of rotatable bonds is 6. The highest BCUT2D eigenvalue weighted by Crippen LogP contribution is 2.22. The zero-order valence-electron chi connectivity index (χ0n) is 15.8. The summed E-state index contributed by atoms with van der Waals surface area (Å²) in [6.45, 7) is 2.79. The predicted octanol–water partition coefficient (Wildman–Crippen LogP) is 2.97. The van der Waals surface area contributed by atoms with E-state index in [0.717, 1.165) is 31.4 Å².